The molecule has 70 valence electrons. The molecule has 3 nitrogen and oxygen atoms in total. The molecule has 0 saturated heterocycles. The lowest BCUT2D eigenvalue weighted by Gasteiger charge is -2.07. The van der Waals surface area contributed by atoms with Crippen LogP contribution in [0.1, 0.15) is 12.5 Å². The zero-order chi connectivity index (χ0) is 9.68. The van der Waals surface area contributed by atoms with E-state index in [1.165, 1.54) is 7.11 Å². The zero-order valence-corrected chi connectivity index (χ0v) is 7.86. The standard InChI is InChI=1S/C10H13NO2/c1-8(10(12)13-2)7-9-3-5-11-6-4-9/h3-6,8H,7H2,1-2H3. The summed E-state index contributed by atoms with van der Waals surface area (Å²) in [6.45, 7) is 1.85. The average Bonchev–Trinajstić information content (AvgIpc) is 2.18. The van der Waals surface area contributed by atoms with Gasteiger partial charge in [-0.15, -0.1) is 0 Å². The Balaban J connectivity index is 2.55. The van der Waals surface area contributed by atoms with E-state index in [0.29, 0.717) is 6.42 Å². The topological polar surface area (TPSA) is 39.2 Å². The normalized spacial score (nSPS) is 12.2. The Hall–Kier alpha value is -1.38. The Kier molecular flexibility index (Phi) is 3.43. The summed E-state index contributed by atoms with van der Waals surface area (Å²) in [6.07, 6.45) is 4.15. The van der Waals surface area contributed by atoms with Crippen LogP contribution in [0.5, 0.6) is 0 Å². The van der Waals surface area contributed by atoms with Gasteiger partial charge in [-0.25, -0.2) is 0 Å². The molecule has 1 rings (SSSR count). The maximum absolute atomic E-state index is 11.1. The van der Waals surface area contributed by atoms with Gasteiger partial charge >= 0.3 is 5.97 Å². The molecule has 1 heterocycles. The van der Waals surface area contributed by atoms with Gasteiger partial charge in [0.2, 0.25) is 0 Å². The first-order valence-electron chi connectivity index (χ1n) is 4.20. The molecule has 0 N–H and O–H groups in total. The van der Waals surface area contributed by atoms with Gasteiger partial charge in [0.05, 0.1) is 13.0 Å². The van der Waals surface area contributed by atoms with Gasteiger partial charge < -0.3 is 4.74 Å². The molecular formula is C10H13NO2. The SMILES string of the molecule is COC(=O)C(C)Cc1ccncc1. The molecule has 0 radical (unpaired) electrons. The Morgan fingerprint density at radius 3 is 2.69 bits per heavy atom. The second-order valence-corrected chi connectivity index (χ2v) is 2.98. The van der Waals surface area contributed by atoms with E-state index < -0.39 is 0 Å². The third kappa shape index (κ3) is 2.86. The molecule has 1 aromatic heterocycles. The maximum atomic E-state index is 11.1. The number of hydrogen-bond acceptors (Lipinski definition) is 3. The first-order chi connectivity index (χ1) is 6.24. The van der Waals surface area contributed by atoms with E-state index in [1.54, 1.807) is 12.4 Å². The van der Waals surface area contributed by atoms with Gasteiger partial charge in [0.1, 0.15) is 0 Å². The lowest BCUT2D eigenvalue weighted by molar-refractivity contribution is -0.144. The summed E-state index contributed by atoms with van der Waals surface area (Å²) in [5.74, 6) is -0.260. The third-order valence-corrected chi connectivity index (χ3v) is 1.89. The monoisotopic (exact) mass is 179 g/mol. The molecule has 13 heavy (non-hydrogen) atoms. The number of methoxy groups -OCH3 is 1. The molecule has 1 atom stereocenters. The van der Waals surface area contributed by atoms with Crippen molar-refractivity contribution in [3.63, 3.8) is 0 Å². The number of nitrogens with zero attached hydrogens (tertiary/aromatic N) is 1. The summed E-state index contributed by atoms with van der Waals surface area (Å²) in [5, 5.41) is 0. The minimum Gasteiger partial charge on any atom is -0.469 e. The fraction of sp³-hybridized carbons (Fsp3) is 0.400. The van der Waals surface area contributed by atoms with Crippen molar-refractivity contribution < 1.29 is 9.53 Å². The first-order valence-corrected chi connectivity index (χ1v) is 4.20. The van der Waals surface area contributed by atoms with E-state index in [9.17, 15) is 4.79 Å². The number of hydrogen-bond donors (Lipinski definition) is 0. The van der Waals surface area contributed by atoms with E-state index in [0.717, 1.165) is 5.56 Å². The highest BCUT2D eigenvalue weighted by Gasteiger charge is 2.12. The number of ether oxygens (including phenoxy) is 1. The van der Waals surface area contributed by atoms with Crippen molar-refractivity contribution in [2.45, 2.75) is 13.3 Å². The summed E-state index contributed by atoms with van der Waals surface area (Å²) in [4.78, 5) is 15.0. The second kappa shape index (κ2) is 4.60. The number of carbonyl (C=O) groups is 1. The van der Waals surface area contributed by atoms with Gasteiger partial charge in [-0.05, 0) is 24.1 Å². The molecule has 1 aromatic rings. The van der Waals surface area contributed by atoms with Crippen LogP contribution in [0.15, 0.2) is 24.5 Å². The maximum Gasteiger partial charge on any atom is 0.308 e. The van der Waals surface area contributed by atoms with E-state index in [2.05, 4.69) is 9.72 Å². The van der Waals surface area contributed by atoms with Gasteiger partial charge in [-0.2, -0.15) is 0 Å². The van der Waals surface area contributed by atoms with Crippen LogP contribution in [0, 0.1) is 5.92 Å². The van der Waals surface area contributed by atoms with Gasteiger partial charge in [0, 0.05) is 12.4 Å². The van der Waals surface area contributed by atoms with Crippen LogP contribution in [0.3, 0.4) is 0 Å². The van der Waals surface area contributed by atoms with Gasteiger partial charge in [0.25, 0.3) is 0 Å². The summed E-state index contributed by atoms with van der Waals surface area (Å²) in [5.41, 5.74) is 1.10. The molecule has 0 amide bonds. The Morgan fingerprint density at radius 1 is 1.54 bits per heavy atom. The van der Waals surface area contributed by atoms with Crippen LogP contribution in [0.4, 0.5) is 0 Å². The van der Waals surface area contributed by atoms with E-state index in [1.807, 2.05) is 19.1 Å². The Labute approximate surface area is 77.8 Å². The van der Waals surface area contributed by atoms with Crippen molar-refractivity contribution in [3.8, 4) is 0 Å². The Morgan fingerprint density at radius 2 is 2.15 bits per heavy atom. The number of carbonyl (C=O) groups excluding carboxylic acids is 1. The largest absolute Gasteiger partial charge is 0.469 e. The van der Waals surface area contributed by atoms with Gasteiger partial charge in [0.15, 0.2) is 0 Å². The van der Waals surface area contributed by atoms with Gasteiger partial charge in [-0.1, -0.05) is 6.92 Å². The molecule has 0 aliphatic heterocycles. The summed E-state index contributed by atoms with van der Waals surface area (Å²) < 4.78 is 4.63. The molecule has 0 fully saturated rings. The molecule has 0 saturated carbocycles. The second-order valence-electron chi connectivity index (χ2n) is 2.98. The third-order valence-electron chi connectivity index (χ3n) is 1.89. The average molecular weight is 179 g/mol. The van der Waals surface area contributed by atoms with Crippen LogP contribution in [0.2, 0.25) is 0 Å². The van der Waals surface area contributed by atoms with Crippen LogP contribution in [-0.2, 0) is 16.0 Å². The highest BCUT2D eigenvalue weighted by Crippen LogP contribution is 2.08. The molecule has 0 aromatic carbocycles. The zero-order valence-electron chi connectivity index (χ0n) is 7.86. The highest BCUT2D eigenvalue weighted by atomic mass is 16.5. The summed E-state index contributed by atoms with van der Waals surface area (Å²) >= 11 is 0. The molecule has 0 aliphatic carbocycles. The predicted octanol–water partition coefficient (Wildman–Crippen LogP) is 1.43. The van der Waals surface area contributed by atoms with Crippen molar-refractivity contribution in [1.82, 2.24) is 4.98 Å². The van der Waals surface area contributed by atoms with E-state index in [4.69, 9.17) is 0 Å². The predicted molar refractivity (Wildman–Crippen MR) is 49.1 cm³/mol. The molecule has 0 aliphatic rings. The van der Waals surface area contributed by atoms with Crippen LogP contribution >= 0.6 is 0 Å². The fourth-order valence-electron chi connectivity index (χ4n) is 1.16. The molecule has 0 bridgehead atoms. The molecule has 0 spiro atoms. The minimum atomic E-state index is -0.170. The van der Waals surface area contributed by atoms with E-state index in [-0.39, 0.29) is 11.9 Å². The molecule has 1 unspecified atom stereocenters. The molecular weight excluding hydrogens is 166 g/mol. The lowest BCUT2D eigenvalue weighted by Crippen LogP contribution is -2.14. The van der Waals surface area contributed by atoms with Crippen molar-refractivity contribution in [2.24, 2.45) is 5.92 Å². The Bertz CT molecular complexity index is 272. The number of aromatic nitrogens is 1. The summed E-state index contributed by atoms with van der Waals surface area (Å²) in [7, 11) is 1.41. The lowest BCUT2D eigenvalue weighted by atomic mass is 10.0. The minimum absolute atomic E-state index is 0.0904. The van der Waals surface area contributed by atoms with Crippen LogP contribution in [0.25, 0.3) is 0 Å². The number of esters is 1. The number of pyridine rings is 1. The number of rotatable bonds is 3. The van der Waals surface area contributed by atoms with Crippen molar-refractivity contribution >= 4 is 5.97 Å². The quantitative estimate of drug-likeness (QED) is 0.659. The smallest absolute Gasteiger partial charge is 0.308 e. The van der Waals surface area contributed by atoms with Crippen molar-refractivity contribution in [1.29, 1.82) is 0 Å². The van der Waals surface area contributed by atoms with Crippen molar-refractivity contribution in [2.75, 3.05) is 7.11 Å². The fourth-order valence-corrected chi connectivity index (χ4v) is 1.16. The van der Waals surface area contributed by atoms with Crippen LogP contribution < -0.4 is 0 Å². The summed E-state index contributed by atoms with van der Waals surface area (Å²) in [6, 6.07) is 3.80. The molecule has 3 heteroatoms. The van der Waals surface area contributed by atoms with Gasteiger partial charge in [-0.3, -0.25) is 9.78 Å². The van der Waals surface area contributed by atoms with Crippen molar-refractivity contribution in [3.05, 3.63) is 30.1 Å². The van der Waals surface area contributed by atoms with E-state index >= 15 is 0 Å². The highest BCUT2D eigenvalue weighted by molar-refractivity contribution is 5.72. The van der Waals surface area contributed by atoms with Crippen LogP contribution in [-0.4, -0.2) is 18.1 Å². The first kappa shape index (κ1) is 9.71.